The molecule has 0 atom stereocenters. The number of hydrogen-bond acceptors (Lipinski definition) is 7. The molecular weight excluding hydrogens is 478 g/mol. The van der Waals surface area contributed by atoms with Gasteiger partial charge in [-0.25, -0.2) is 4.98 Å². The van der Waals surface area contributed by atoms with E-state index in [-0.39, 0.29) is 5.91 Å². The molecule has 1 amide bonds. The Labute approximate surface area is 217 Å². The van der Waals surface area contributed by atoms with Gasteiger partial charge in [-0.3, -0.25) is 19.4 Å². The number of nitrogens with one attached hydrogen (secondary N) is 1. The van der Waals surface area contributed by atoms with Crippen molar-refractivity contribution in [1.29, 1.82) is 0 Å². The summed E-state index contributed by atoms with van der Waals surface area (Å²) in [5.74, 6) is 1.23. The Morgan fingerprint density at radius 3 is 2.58 bits per heavy atom. The summed E-state index contributed by atoms with van der Waals surface area (Å²) in [7, 11) is 2.14. The Kier molecular flexibility index (Phi) is 8.56. The van der Waals surface area contributed by atoms with Gasteiger partial charge in [-0.1, -0.05) is 25.4 Å². The molecule has 1 fully saturated rings. The van der Waals surface area contributed by atoms with Crippen LogP contribution in [0.25, 0.3) is 0 Å². The van der Waals surface area contributed by atoms with E-state index in [1.54, 1.807) is 23.1 Å². The average Bonchev–Trinajstić information content (AvgIpc) is 3.21. The number of likely N-dealkylation sites (N-methyl/N-ethyl adjacent to an activating group) is 1. The third-order valence-corrected chi connectivity index (χ3v) is 6.29. The summed E-state index contributed by atoms with van der Waals surface area (Å²) in [6.07, 6.45) is 3.31. The number of rotatable bonds is 9. The molecule has 1 N–H and O–H groups in total. The maximum Gasteiger partial charge on any atom is 0.277 e. The van der Waals surface area contributed by atoms with Gasteiger partial charge < -0.3 is 15.0 Å². The van der Waals surface area contributed by atoms with E-state index in [4.69, 9.17) is 16.3 Å². The van der Waals surface area contributed by atoms with Gasteiger partial charge in [0.1, 0.15) is 5.75 Å². The number of halogens is 1. The van der Waals surface area contributed by atoms with Crippen LogP contribution in [0.3, 0.4) is 0 Å². The first-order chi connectivity index (χ1) is 17.3. The van der Waals surface area contributed by atoms with Crippen molar-refractivity contribution in [2.45, 2.75) is 33.9 Å². The predicted octanol–water partition coefficient (Wildman–Crippen LogP) is 3.72. The number of carbonyl (C=O) groups excluding carboxylic acids is 1. The normalized spacial score (nSPS) is 14.8. The van der Waals surface area contributed by atoms with Crippen LogP contribution in [-0.2, 0) is 13.1 Å². The second kappa shape index (κ2) is 11.8. The molecule has 0 aliphatic carbocycles. The lowest BCUT2D eigenvalue weighted by Crippen LogP contribution is -2.44. The van der Waals surface area contributed by atoms with Crippen LogP contribution >= 0.6 is 11.6 Å². The van der Waals surface area contributed by atoms with Crippen molar-refractivity contribution in [3.8, 4) is 5.75 Å². The van der Waals surface area contributed by atoms with Crippen LogP contribution in [0.2, 0.25) is 5.02 Å². The van der Waals surface area contributed by atoms with Gasteiger partial charge in [-0.15, -0.1) is 0 Å². The van der Waals surface area contributed by atoms with Gasteiger partial charge in [0.15, 0.2) is 11.5 Å². The lowest BCUT2D eigenvalue weighted by atomic mass is 10.2. The molecule has 0 spiro atoms. The van der Waals surface area contributed by atoms with Crippen LogP contribution in [0, 0.1) is 12.8 Å². The van der Waals surface area contributed by atoms with Gasteiger partial charge in [-0.05, 0) is 44.2 Å². The van der Waals surface area contributed by atoms with Crippen LogP contribution in [0.15, 0.2) is 36.7 Å². The molecule has 3 aromatic rings. The summed E-state index contributed by atoms with van der Waals surface area (Å²) in [6.45, 7) is 12.0. The number of aromatic nitrogens is 4. The van der Waals surface area contributed by atoms with Gasteiger partial charge >= 0.3 is 0 Å². The molecule has 0 bridgehead atoms. The Morgan fingerprint density at radius 1 is 1.11 bits per heavy atom. The smallest absolute Gasteiger partial charge is 0.277 e. The van der Waals surface area contributed by atoms with Gasteiger partial charge in [-0.2, -0.15) is 5.10 Å². The van der Waals surface area contributed by atoms with Crippen molar-refractivity contribution in [2.24, 2.45) is 5.92 Å². The number of piperazine rings is 1. The Morgan fingerprint density at radius 2 is 1.89 bits per heavy atom. The van der Waals surface area contributed by atoms with Crippen molar-refractivity contribution in [1.82, 2.24) is 29.5 Å². The van der Waals surface area contributed by atoms with E-state index in [1.165, 1.54) is 0 Å². The quantitative estimate of drug-likeness (QED) is 0.468. The molecule has 1 saturated heterocycles. The molecule has 192 valence electrons. The molecule has 36 heavy (non-hydrogen) atoms. The molecule has 3 heterocycles. The topological polar surface area (TPSA) is 88.4 Å². The SMILES string of the molecule is Cc1cc(C(=O)Nc2cnc(CN3CCN(C)CC3)cn2)nn1Cc1cc(Cl)ccc1OCC(C)C. The van der Waals surface area contributed by atoms with E-state index < -0.39 is 0 Å². The fourth-order valence-electron chi connectivity index (χ4n) is 3.93. The lowest BCUT2D eigenvalue weighted by molar-refractivity contribution is 0.102. The molecular formula is C26H34ClN7O2. The van der Waals surface area contributed by atoms with Crippen LogP contribution in [0.1, 0.15) is 41.3 Å². The van der Waals surface area contributed by atoms with Crippen molar-refractivity contribution in [3.05, 3.63) is 64.3 Å². The number of nitrogens with zero attached hydrogens (tertiary/aromatic N) is 6. The summed E-state index contributed by atoms with van der Waals surface area (Å²) in [5, 5.41) is 7.94. The molecule has 1 aliphatic rings. The maximum atomic E-state index is 12.8. The zero-order valence-corrected chi connectivity index (χ0v) is 22.1. The fraction of sp³-hybridized carbons (Fsp3) is 0.462. The second-order valence-electron chi connectivity index (χ2n) is 9.71. The van der Waals surface area contributed by atoms with E-state index >= 15 is 0 Å². The van der Waals surface area contributed by atoms with E-state index in [0.717, 1.165) is 55.4 Å². The Balaban J connectivity index is 1.38. The zero-order valence-electron chi connectivity index (χ0n) is 21.4. The minimum absolute atomic E-state index is 0.308. The number of amides is 1. The van der Waals surface area contributed by atoms with Gasteiger partial charge in [0.05, 0.1) is 31.2 Å². The fourth-order valence-corrected chi connectivity index (χ4v) is 4.12. The van der Waals surface area contributed by atoms with Crippen molar-refractivity contribution >= 4 is 23.3 Å². The molecule has 1 aliphatic heterocycles. The Bertz CT molecular complexity index is 1170. The van der Waals surface area contributed by atoms with E-state index in [1.807, 2.05) is 25.1 Å². The zero-order chi connectivity index (χ0) is 25.7. The lowest BCUT2D eigenvalue weighted by Gasteiger charge is -2.31. The number of benzene rings is 1. The minimum Gasteiger partial charge on any atom is -0.493 e. The summed E-state index contributed by atoms with van der Waals surface area (Å²) < 4.78 is 7.73. The highest BCUT2D eigenvalue weighted by molar-refractivity contribution is 6.30. The maximum absolute atomic E-state index is 12.8. The highest BCUT2D eigenvalue weighted by Gasteiger charge is 2.17. The van der Waals surface area contributed by atoms with Crippen molar-refractivity contribution < 1.29 is 9.53 Å². The van der Waals surface area contributed by atoms with E-state index in [0.29, 0.717) is 35.6 Å². The molecule has 9 nitrogen and oxygen atoms in total. The van der Waals surface area contributed by atoms with Gasteiger partial charge in [0.2, 0.25) is 0 Å². The van der Waals surface area contributed by atoms with Crippen LogP contribution in [-0.4, -0.2) is 75.3 Å². The van der Waals surface area contributed by atoms with Crippen LogP contribution in [0.5, 0.6) is 5.75 Å². The summed E-state index contributed by atoms with van der Waals surface area (Å²) >= 11 is 6.24. The van der Waals surface area contributed by atoms with Gasteiger partial charge in [0.25, 0.3) is 5.91 Å². The molecule has 0 unspecified atom stereocenters. The molecule has 4 rings (SSSR count). The number of aryl methyl sites for hydroxylation is 1. The van der Waals surface area contributed by atoms with Crippen LogP contribution < -0.4 is 10.1 Å². The Hall–Kier alpha value is -3.01. The van der Waals surface area contributed by atoms with E-state index in [9.17, 15) is 4.79 Å². The number of carbonyl (C=O) groups is 1. The summed E-state index contributed by atoms with van der Waals surface area (Å²) in [4.78, 5) is 26.4. The minimum atomic E-state index is -0.333. The first-order valence-electron chi connectivity index (χ1n) is 12.3. The van der Waals surface area contributed by atoms with Crippen molar-refractivity contribution in [2.75, 3.05) is 45.2 Å². The first-order valence-corrected chi connectivity index (χ1v) is 12.6. The highest BCUT2D eigenvalue weighted by atomic mass is 35.5. The average molecular weight is 512 g/mol. The summed E-state index contributed by atoms with van der Waals surface area (Å²) in [5.41, 5.74) is 2.95. The molecule has 10 heteroatoms. The summed E-state index contributed by atoms with van der Waals surface area (Å²) in [6, 6.07) is 7.31. The number of ether oxygens (including phenoxy) is 1. The van der Waals surface area contributed by atoms with E-state index in [2.05, 4.69) is 51.1 Å². The third-order valence-electron chi connectivity index (χ3n) is 6.06. The van der Waals surface area contributed by atoms with Gasteiger partial charge in [0, 0.05) is 49.0 Å². The molecule has 0 saturated carbocycles. The van der Waals surface area contributed by atoms with Crippen LogP contribution in [0.4, 0.5) is 5.82 Å². The van der Waals surface area contributed by atoms with Crippen molar-refractivity contribution in [3.63, 3.8) is 0 Å². The third kappa shape index (κ3) is 7.02. The largest absolute Gasteiger partial charge is 0.493 e. The standard InChI is InChI=1S/C26H34ClN7O2/c1-18(2)17-36-24-6-5-21(27)12-20(24)15-34-19(3)11-23(31-34)26(35)30-25-14-28-22(13-29-25)16-33-9-7-32(4)8-10-33/h5-6,11-14,18H,7-10,15-17H2,1-4H3,(H,29,30,35). The number of hydrogen-bond donors (Lipinski definition) is 1. The molecule has 0 radical (unpaired) electrons. The number of anilines is 1. The monoisotopic (exact) mass is 511 g/mol. The second-order valence-corrected chi connectivity index (χ2v) is 10.1. The molecule has 2 aromatic heterocycles. The predicted molar refractivity (Wildman–Crippen MR) is 141 cm³/mol. The molecule has 1 aromatic carbocycles. The first kappa shape index (κ1) is 26.1. The highest BCUT2D eigenvalue weighted by Crippen LogP contribution is 2.25.